The van der Waals surface area contributed by atoms with E-state index in [9.17, 15) is 19.4 Å². The fourth-order valence-electron chi connectivity index (χ4n) is 11.7. The van der Waals surface area contributed by atoms with Crippen LogP contribution in [0.1, 0.15) is 380 Å². The quantitative estimate of drug-likeness (QED) is 0.0272. The number of aliphatic hydroxyl groups excluding tert-OH is 1. The first-order chi connectivity index (χ1) is 43.5. The maximum atomic E-state index is 13.1. The van der Waals surface area contributed by atoms with Crippen LogP contribution in [0.2, 0.25) is 0 Å². The van der Waals surface area contributed by atoms with Gasteiger partial charge >= 0.3 is 0 Å². The summed E-state index contributed by atoms with van der Waals surface area (Å²) < 4.78 is 23.5. The van der Waals surface area contributed by atoms with E-state index < -0.39 is 20.0 Å². The predicted molar refractivity (Wildman–Crippen MR) is 390 cm³/mol. The Hall–Kier alpha value is -2.06. The Morgan fingerprint density at radius 1 is 0.404 bits per heavy atom. The van der Waals surface area contributed by atoms with Crippen LogP contribution >= 0.6 is 7.82 Å². The number of carbonyl (C=O) groups excluding carboxylic acids is 1. The highest BCUT2D eigenvalue weighted by Gasteiger charge is 2.23. The number of aliphatic hydroxyl groups is 1. The van der Waals surface area contributed by atoms with Gasteiger partial charge in [0.25, 0.3) is 7.82 Å². The van der Waals surface area contributed by atoms with E-state index in [2.05, 4.69) is 79.9 Å². The van der Waals surface area contributed by atoms with Crippen LogP contribution in [0.25, 0.3) is 0 Å². The van der Waals surface area contributed by atoms with Crippen molar-refractivity contribution >= 4 is 13.7 Å². The second kappa shape index (κ2) is 70.3. The van der Waals surface area contributed by atoms with E-state index in [0.29, 0.717) is 17.4 Å². The molecule has 0 aromatic rings. The molecule has 0 bridgehead atoms. The average Bonchev–Trinajstić information content (AvgIpc) is 3.64. The van der Waals surface area contributed by atoms with Gasteiger partial charge in [-0.15, -0.1) is 0 Å². The summed E-state index contributed by atoms with van der Waals surface area (Å²) in [5.74, 6) is -0.191. The normalized spacial score (nSPS) is 13.9. The molecular weight excluding hydrogens is 1120 g/mol. The molecule has 0 saturated heterocycles. The number of nitrogens with one attached hydrogen (secondary N) is 1. The molecule has 0 saturated carbocycles. The lowest BCUT2D eigenvalue weighted by molar-refractivity contribution is -0.870. The second-order valence-corrected chi connectivity index (χ2v) is 29.1. The predicted octanol–water partition coefficient (Wildman–Crippen LogP) is 24.7. The Morgan fingerprint density at radius 2 is 0.685 bits per heavy atom. The van der Waals surface area contributed by atoms with E-state index in [-0.39, 0.29) is 19.1 Å². The first-order valence-corrected chi connectivity index (χ1v) is 40.3. The number of hydrogen-bond acceptors (Lipinski definition) is 6. The van der Waals surface area contributed by atoms with Crippen molar-refractivity contribution in [3.05, 3.63) is 72.9 Å². The largest absolute Gasteiger partial charge is 0.756 e. The summed E-state index contributed by atoms with van der Waals surface area (Å²) in [4.78, 5) is 25.7. The van der Waals surface area contributed by atoms with Gasteiger partial charge in [-0.25, -0.2) is 0 Å². The zero-order valence-electron chi connectivity index (χ0n) is 59.9. The molecule has 0 aliphatic rings. The number of carbonyl (C=O) groups is 1. The van der Waals surface area contributed by atoms with Crippen LogP contribution in [0.5, 0.6) is 0 Å². The minimum atomic E-state index is -4.61. The van der Waals surface area contributed by atoms with Gasteiger partial charge < -0.3 is 28.8 Å². The zero-order valence-corrected chi connectivity index (χ0v) is 60.8. The molecule has 89 heavy (non-hydrogen) atoms. The molecule has 0 aliphatic heterocycles. The van der Waals surface area contributed by atoms with Gasteiger partial charge in [0.05, 0.1) is 39.9 Å². The van der Waals surface area contributed by atoms with Gasteiger partial charge in [0, 0.05) is 6.42 Å². The number of amides is 1. The Labute approximate surface area is 554 Å². The van der Waals surface area contributed by atoms with Crippen LogP contribution in [0.4, 0.5) is 0 Å². The minimum absolute atomic E-state index is 0.000728. The molecule has 0 fully saturated rings. The van der Waals surface area contributed by atoms with E-state index in [0.717, 1.165) is 70.6 Å². The molecular formula is C80H151N2O6P. The molecule has 1 amide bonds. The number of rotatable bonds is 72. The van der Waals surface area contributed by atoms with Crippen molar-refractivity contribution in [3.63, 3.8) is 0 Å². The molecule has 9 heteroatoms. The molecule has 0 aromatic heterocycles. The summed E-state index contributed by atoms with van der Waals surface area (Å²) in [6.07, 6.45) is 99.1. The fourth-order valence-corrected chi connectivity index (χ4v) is 12.4. The van der Waals surface area contributed by atoms with Crippen molar-refractivity contribution in [1.29, 1.82) is 0 Å². The number of phosphoric acid groups is 1. The van der Waals surface area contributed by atoms with Crippen LogP contribution in [0.15, 0.2) is 72.9 Å². The maximum absolute atomic E-state index is 13.1. The number of hydrogen-bond donors (Lipinski definition) is 2. The topological polar surface area (TPSA) is 108 Å². The van der Waals surface area contributed by atoms with Crippen LogP contribution in [-0.2, 0) is 18.4 Å². The molecule has 0 heterocycles. The van der Waals surface area contributed by atoms with Crippen molar-refractivity contribution in [3.8, 4) is 0 Å². The molecule has 2 N–H and O–H groups in total. The highest BCUT2D eigenvalue weighted by atomic mass is 31.2. The number of quaternary nitrogens is 1. The minimum Gasteiger partial charge on any atom is -0.756 e. The number of unbranched alkanes of at least 4 members (excludes halogenated alkanes) is 49. The summed E-state index contributed by atoms with van der Waals surface area (Å²) >= 11 is 0. The molecule has 0 rings (SSSR count). The molecule has 0 aromatic carbocycles. The van der Waals surface area contributed by atoms with E-state index in [4.69, 9.17) is 9.05 Å². The van der Waals surface area contributed by atoms with Gasteiger partial charge in [-0.05, 0) is 64.2 Å². The highest BCUT2D eigenvalue weighted by molar-refractivity contribution is 7.45. The standard InChI is InChI=1S/C80H151N2O6P/c1-6-8-10-12-14-16-18-20-22-24-26-28-30-32-34-36-38-40-41-42-44-46-48-50-52-54-56-58-60-62-64-66-68-70-72-74-80(84)81-78(77-88-89(85,86)87-76-75-82(3,4)5)79(83)73-71-69-67-65-63-61-59-57-55-53-51-49-47-45-43-39-37-35-33-31-29-27-25-23-21-19-17-15-13-11-9-7-2/h8,10,14,16,20,22,26,28,32,34,71,73,78-79,83H,6-7,9,11-13,15,17-19,21,23-25,27,29-31,33,35-70,72,74-77H2,1-5H3,(H-,81,84,85,86)/b10-8-,16-14-,22-20-,28-26-,34-32-,73-71+. The van der Waals surface area contributed by atoms with Crippen molar-refractivity contribution in [1.82, 2.24) is 5.32 Å². The number of likely N-dealkylation sites (N-methyl/N-ethyl adjacent to an activating group) is 1. The van der Waals surface area contributed by atoms with Crippen LogP contribution in [0, 0.1) is 0 Å². The highest BCUT2D eigenvalue weighted by Crippen LogP contribution is 2.38. The Bertz CT molecular complexity index is 1680. The molecule has 8 nitrogen and oxygen atoms in total. The van der Waals surface area contributed by atoms with E-state index in [1.807, 2.05) is 27.2 Å². The van der Waals surface area contributed by atoms with E-state index in [1.165, 1.54) is 289 Å². The summed E-state index contributed by atoms with van der Waals surface area (Å²) in [6, 6.07) is -0.890. The number of nitrogens with zero attached hydrogens (tertiary/aromatic N) is 1. The van der Waals surface area contributed by atoms with Crippen LogP contribution < -0.4 is 10.2 Å². The van der Waals surface area contributed by atoms with Crippen molar-refractivity contribution in [2.75, 3.05) is 40.9 Å². The van der Waals surface area contributed by atoms with Crippen molar-refractivity contribution in [2.45, 2.75) is 392 Å². The lowest BCUT2D eigenvalue weighted by atomic mass is 10.0. The number of phosphoric ester groups is 1. The number of allylic oxidation sites excluding steroid dienone is 11. The summed E-state index contributed by atoms with van der Waals surface area (Å²) in [6.45, 7) is 4.59. The van der Waals surface area contributed by atoms with Gasteiger partial charge in [0.2, 0.25) is 5.91 Å². The fraction of sp³-hybridized carbons (Fsp3) is 0.838. The molecule has 0 radical (unpaired) electrons. The third-order valence-electron chi connectivity index (χ3n) is 17.7. The van der Waals surface area contributed by atoms with Gasteiger partial charge in [-0.3, -0.25) is 9.36 Å². The Kier molecular flexibility index (Phi) is 68.6. The molecule has 3 unspecified atom stereocenters. The first kappa shape index (κ1) is 86.9. The third kappa shape index (κ3) is 73.2. The van der Waals surface area contributed by atoms with Gasteiger partial charge in [0.15, 0.2) is 0 Å². The zero-order chi connectivity index (χ0) is 64.8. The lowest BCUT2D eigenvalue weighted by Crippen LogP contribution is -2.45. The first-order valence-electron chi connectivity index (χ1n) is 38.8. The molecule has 3 atom stereocenters. The monoisotopic (exact) mass is 1270 g/mol. The average molecular weight is 1270 g/mol. The van der Waals surface area contributed by atoms with Crippen molar-refractivity contribution < 1.29 is 32.9 Å². The summed E-state index contributed by atoms with van der Waals surface area (Å²) in [5, 5.41) is 14.0. The van der Waals surface area contributed by atoms with Gasteiger partial charge in [-0.1, -0.05) is 382 Å². The van der Waals surface area contributed by atoms with Gasteiger partial charge in [0.1, 0.15) is 13.2 Å². The third-order valence-corrected chi connectivity index (χ3v) is 18.6. The second-order valence-electron chi connectivity index (χ2n) is 27.7. The Balaban J connectivity index is 3.99. The molecule has 0 spiro atoms. The van der Waals surface area contributed by atoms with Gasteiger partial charge in [-0.2, -0.15) is 0 Å². The van der Waals surface area contributed by atoms with Crippen LogP contribution in [0.3, 0.4) is 0 Å². The van der Waals surface area contributed by atoms with E-state index in [1.54, 1.807) is 6.08 Å². The lowest BCUT2D eigenvalue weighted by Gasteiger charge is -2.29. The molecule has 522 valence electrons. The van der Waals surface area contributed by atoms with Crippen LogP contribution in [-0.4, -0.2) is 68.5 Å². The maximum Gasteiger partial charge on any atom is 0.268 e. The molecule has 0 aliphatic carbocycles. The smallest absolute Gasteiger partial charge is 0.268 e. The van der Waals surface area contributed by atoms with Crippen molar-refractivity contribution in [2.24, 2.45) is 0 Å². The summed E-state index contributed by atoms with van der Waals surface area (Å²) in [7, 11) is 1.27. The Morgan fingerprint density at radius 3 is 1.00 bits per heavy atom. The summed E-state index contributed by atoms with van der Waals surface area (Å²) in [5.41, 5.74) is 0. The SMILES string of the molecule is CC/C=C\C/C=C\C/C=C\C/C=C\C/C=C\CCCCCCCCCCCCCCCCCCCCCC(=O)NC(COP(=O)([O-])OCC[N+](C)(C)C)C(O)/C=C/CCCCCCCCCCCCCCCCCCCCCCCCCCCCCCCC. The van der Waals surface area contributed by atoms with E-state index >= 15 is 0 Å².